The number of nitrogens with zero attached hydrogens (tertiary/aromatic N) is 2. The van der Waals surface area contributed by atoms with Crippen LogP contribution in [-0.4, -0.2) is 27.6 Å². The number of aromatic nitrogens is 2. The Balaban J connectivity index is 1.96. The quantitative estimate of drug-likeness (QED) is 0.765. The van der Waals surface area contributed by atoms with E-state index >= 15 is 0 Å². The average Bonchev–Trinajstić information content (AvgIpc) is 3.22. The van der Waals surface area contributed by atoms with Gasteiger partial charge in [-0.2, -0.15) is 5.10 Å². The molecule has 27 heavy (non-hydrogen) atoms. The summed E-state index contributed by atoms with van der Waals surface area (Å²) in [6.45, 7) is 9.64. The van der Waals surface area contributed by atoms with Crippen LogP contribution in [-0.2, 0) is 9.59 Å². The van der Waals surface area contributed by atoms with Crippen molar-refractivity contribution in [2.24, 2.45) is 11.3 Å². The maximum atomic E-state index is 12.5. The van der Waals surface area contributed by atoms with Crippen LogP contribution in [0.15, 0.2) is 28.9 Å². The molecule has 2 atom stereocenters. The fourth-order valence-electron chi connectivity index (χ4n) is 2.81. The molecule has 1 aliphatic heterocycles. The zero-order valence-electron chi connectivity index (χ0n) is 16.4. The first kappa shape index (κ1) is 19.2. The molecule has 2 aromatic rings. The summed E-state index contributed by atoms with van der Waals surface area (Å²) in [5, 5.41) is 13.8. The van der Waals surface area contributed by atoms with Crippen LogP contribution in [0.2, 0.25) is 0 Å². The van der Waals surface area contributed by atoms with E-state index in [1.807, 2.05) is 20.8 Å². The van der Waals surface area contributed by atoms with Gasteiger partial charge >= 0.3 is 0 Å². The summed E-state index contributed by atoms with van der Waals surface area (Å²) in [5.41, 5.74) is 0.0100. The second kappa shape index (κ2) is 7.19. The molecule has 8 nitrogen and oxygen atoms in total. The van der Waals surface area contributed by atoms with E-state index in [2.05, 4.69) is 34.9 Å². The molecular formula is C19H27N5O3. The van der Waals surface area contributed by atoms with E-state index in [0.29, 0.717) is 23.7 Å². The smallest absolute Gasteiger partial charge is 0.230 e. The number of carbonyl (C=O) groups excluding carboxylic acids is 2. The van der Waals surface area contributed by atoms with Gasteiger partial charge in [-0.15, -0.1) is 0 Å². The lowest BCUT2D eigenvalue weighted by Crippen LogP contribution is -2.55. The van der Waals surface area contributed by atoms with Crippen LogP contribution < -0.4 is 16.0 Å². The Hall–Kier alpha value is -2.61. The molecule has 0 radical (unpaired) electrons. The van der Waals surface area contributed by atoms with Crippen molar-refractivity contribution in [3.8, 4) is 11.5 Å². The fourth-order valence-corrected chi connectivity index (χ4v) is 2.81. The largest absolute Gasteiger partial charge is 0.463 e. The molecule has 2 aromatic heterocycles. The van der Waals surface area contributed by atoms with Crippen LogP contribution in [0.3, 0.4) is 0 Å². The van der Waals surface area contributed by atoms with Crippen molar-refractivity contribution >= 4 is 17.6 Å². The minimum Gasteiger partial charge on any atom is -0.463 e. The van der Waals surface area contributed by atoms with Crippen LogP contribution >= 0.6 is 0 Å². The fraction of sp³-hybridized carbons (Fsp3) is 0.526. The highest BCUT2D eigenvalue weighted by Crippen LogP contribution is 2.27. The number of carbonyl (C=O) groups is 2. The molecule has 0 aromatic carbocycles. The Morgan fingerprint density at radius 1 is 1.41 bits per heavy atom. The van der Waals surface area contributed by atoms with E-state index in [-0.39, 0.29) is 23.8 Å². The predicted molar refractivity (Wildman–Crippen MR) is 102 cm³/mol. The summed E-state index contributed by atoms with van der Waals surface area (Å²) >= 11 is 0. The lowest BCUT2D eigenvalue weighted by molar-refractivity contribution is -0.126. The number of furan rings is 1. The van der Waals surface area contributed by atoms with Crippen LogP contribution in [0.25, 0.3) is 11.5 Å². The second-order valence-electron chi connectivity index (χ2n) is 8.23. The van der Waals surface area contributed by atoms with Crippen molar-refractivity contribution in [1.29, 1.82) is 0 Å². The Labute approximate surface area is 158 Å². The highest BCUT2D eigenvalue weighted by molar-refractivity contribution is 5.94. The summed E-state index contributed by atoms with van der Waals surface area (Å²) in [7, 11) is 0. The molecule has 0 spiro atoms. The van der Waals surface area contributed by atoms with Crippen LogP contribution in [0.1, 0.15) is 47.3 Å². The summed E-state index contributed by atoms with van der Waals surface area (Å²) in [6, 6.07) is 5.34. The molecule has 3 heterocycles. The third-order valence-electron chi connectivity index (χ3n) is 4.56. The van der Waals surface area contributed by atoms with Crippen molar-refractivity contribution < 1.29 is 14.0 Å². The third-order valence-corrected chi connectivity index (χ3v) is 4.56. The van der Waals surface area contributed by atoms with E-state index in [1.54, 1.807) is 29.1 Å². The Bertz CT molecular complexity index is 817. The zero-order valence-corrected chi connectivity index (χ0v) is 16.4. The van der Waals surface area contributed by atoms with Gasteiger partial charge in [0.15, 0.2) is 12.0 Å². The first-order valence-corrected chi connectivity index (χ1v) is 9.15. The van der Waals surface area contributed by atoms with Crippen LogP contribution in [0, 0.1) is 11.3 Å². The molecule has 0 saturated carbocycles. The minimum atomic E-state index is -0.566. The molecule has 2 amide bonds. The number of hydrogen-bond acceptors (Lipinski definition) is 5. The van der Waals surface area contributed by atoms with E-state index in [4.69, 9.17) is 4.42 Å². The molecule has 1 aliphatic rings. The van der Waals surface area contributed by atoms with Crippen molar-refractivity contribution in [1.82, 2.24) is 20.4 Å². The maximum absolute atomic E-state index is 12.5. The van der Waals surface area contributed by atoms with Crippen LogP contribution in [0.5, 0.6) is 0 Å². The summed E-state index contributed by atoms with van der Waals surface area (Å²) in [6.07, 6.45) is 1.42. The Morgan fingerprint density at radius 3 is 2.74 bits per heavy atom. The molecule has 3 rings (SSSR count). The molecule has 0 bridgehead atoms. The van der Waals surface area contributed by atoms with Crippen molar-refractivity contribution in [3.63, 3.8) is 0 Å². The van der Waals surface area contributed by atoms with Gasteiger partial charge in [-0.3, -0.25) is 14.9 Å². The standard InChI is InChI=1S/C19H27N5O3/c1-11(2)12-10-16(25)22-18(20-12)24-15(21-17(26)19(3,4)5)9-13(23-24)14-7-6-8-27-14/h6-9,11-12,18,20H,10H2,1-5H3,(H,21,26)(H,22,25). The van der Waals surface area contributed by atoms with Crippen LogP contribution in [0.4, 0.5) is 5.82 Å². The number of anilines is 1. The third kappa shape index (κ3) is 4.21. The van der Waals surface area contributed by atoms with Crippen molar-refractivity contribution in [3.05, 3.63) is 24.5 Å². The van der Waals surface area contributed by atoms with Gasteiger partial charge in [-0.1, -0.05) is 34.6 Å². The Morgan fingerprint density at radius 2 is 2.15 bits per heavy atom. The first-order valence-electron chi connectivity index (χ1n) is 9.15. The number of amides is 2. The molecule has 3 N–H and O–H groups in total. The minimum absolute atomic E-state index is 0.0196. The van der Waals surface area contributed by atoms with Gasteiger partial charge in [0.25, 0.3) is 0 Å². The van der Waals surface area contributed by atoms with Gasteiger partial charge in [0, 0.05) is 23.9 Å². The van der Waals surface area contributed by atoms with Gasteiger partial charge in [0.05, 0.1) is 6.26 Å². The lowest BCUT2D eigenvalue weighted by atomic mass is 9.96. The number of rotatable bonds is 4. The van der Waals surface area contributed by atoms with Gasteiger partial charge < -0.3 is 15.1 Å². The molecular weight excluding hydrogens is 346 g/mol. The second-order valence-corrected chi connectivity index (χ2v) is 8.23. The maximum Gasteiger partial charge on any atom is 0.230 e. The monoisotopic (exact) mass is 373 g/mol. The van der Waals surface area contributed by atoms with Gasteiger partial charge in [-0.05, 0) is 18.1 Å². The molecule has 8 heteroatoms. The van der Waals surface area contributed by atoms with E-state index < -0.39 is 11.7 Å². The average molecular weight is 373 g/mol. The normalized spacial score (nSPS) is 20.6. The number of nitrogens with one attached hydrogen (secondary N) is 3. The molecule has 1 fully saturated rings. The molecule has 2 unspecified atom stereocenters. The molecule has 146 valence electrons. The van der Waals surface area contributed by atoms with E-state index in [0.717, 1.165) is 0 Å². The summed E-state index contributed by atoms with van der Waals surface area (Å²) in [5.74, 6) is 1.16. The highest BCUT2D eigenvalue weighted by atomic mass is 16.3. The van der Waals surface area contributed by atoms with E-state index in [1.165, 1.54) is 0 Å². The molecule has 1 saturated heterocycles. The topological polar surface area (TPSA) is 101 Å². The zero-order chi connectivity index (χ0) is 19.8. The number of hydrogen-bond donors (Lipinski definition) is 3. The predicted octanol–water partition coefficient (Wildman–Crippen LogP) is 2.72. The highest BCUT2D eigenvalue weighted by Gasteiger charge is 2.32. The van der Waals surface area contributed by atoms with Gasteiger partial charge in [0.2, 0.25) is 11.8 Å². The first-order chi connectivity index (χ1) is 12.6. The van der Waals surface area contributed by atoms with Crippen molar-refractivity contribution in [2.75, 3.05) is 5.32 Å². The van der Waals surface area contributed by atoms with Gasteiger partial charge in [-0.25, -0.2) is 4.68 Å². The Kier molecular flexibility index (Phi) is 5.10. The SMILES string of the molecule is CC(C)C1CC(=O)NC(n2nc(-c3ccco3)cc2NC(=O)C(C)(C)C)N1. The molecule has 0 aliphatic carbocycles. The van der Waals surface area contributed by atoms with Crippen molar-refractivity contribution in [2.45, 2.75) is 53.4 Å². The van der Waals surface area contributed by atoms with E-state index in [9.17, 15) is 9.59 Å². The summed E-state index contributed by atoms with van der Waals surface area (Å²) in [4.78, 5) is 24.7. The van der Waals surface area contributed by atoms with Gasteiger partial charge in [0.1, 0.15) is 11.5 Å². The lowest BCUT2D eigenvalue weighted by Gasteiger charge is -2.34. The summed E-state index contributed by atoms with van der Waals surface area (Å²) < 4.78 is 7.02.